The van der Waals surface area contributed by atoms with E-state index in [2.05, 4.69) is 27.7 Å². The number of rotatable bonds is 8. The van der Waals surface area contributed by atoms with Crippen molar-refractivity contribution in [1.29, 1.82) is 0 Å². The van der Waals surface area contributed by atoms with E-state index in [4.69, 9.17) is 4.74 Å². The van der Waals surface area contributed by atoms with Gasteiger partial charge in [-0.15, -0.1) is 6.58 Å². The van der Waals surface area contributed by atoms with Gasteiger partial charge in [0.25, 0.3) is 5.91 Å². The lowest BCUT2D eigenvalue weighted by Crippen LogP contribution is -2.37. The van der Waals surface area contributed by atoms with Gasteiger partial charge in [-0.05, 0) is 42.0 Å². The van der Waals surface area contributed by atoms with Crippen LogP contribution in [0.1, 0.15) is 5.56 Å². The van der Waals surface area contributed by atoms with E-state index in [9.17, 15) is 18.8 Å². The standard InChI is InChI=1S/C20H19FN4O4/c1-2-10-22-19(27)20(28)25-23-12-14-4-3-5-17(11-14)29-13-18(26)24-16-8-6-15(21)7-9-16/h2-9,11-12H,1,10,13H2,(H,22,27)(H,24,26)(H,25,28)/b23-12-. The summed E-state index contributed by atoms with van der Waals surface area (Å²) in [5, 5.41) is 8.59. The first-order valence-corrected chi connectivity index (χ1v) is 8.48. The van der Waals surface area contributed by atoms with Crippen molar-refractivity contribution in [3.8, 4) is 5.75 Å². The number of anilines is 1. The Balaban J connectivity index is 1.83. The van der Waals surface area contributed by atoms with Crippen molar-refractivity contribution in [2.75, 3.05) is 18.5 Å². The van der Waals surface area contributed by atoms with E-state index < -0.39 is 23.5 Å². The number of nitrogens with one attached hydrogen (secondary N) is 3. The van der Waals surface area contributed by atoms with Gasteiger partial charge >= 0.3 is 11.8 Å². The second-order valence-electron chi connectivity index (χ2n) is 5.61. The third-order valence-electron chi connectivity index (χ3n) is 3.35. The summed E-state index contributed by atoms with van der Waals surface area (Å²) in [7, 11) is 0. The van der Waals surface area contributed by atoms with Crippen molar-refractivity contribution in [1.82, 2.24) is 10.7 Å². The van der Waals surface area contributed by atoms with Crippen LogP contribution in [0.15, 0.2) is 66.3 Å². The molecule has 2 aromatic carbocycles. The zero-order valence-corrected chi connectivity index (χ0v) is 15.4. The molecule has 0 aliphatic heterocycles. The van der Waals surface area contributed by atoms with E-state index in [1.165, 1.54) is 36.6 Å². The number of ether oxygens (including phenoxy) is 1. The average molecular weight is 398 g/mol. The van der Waals surface area contributed by atoms with Crippen LogP contribution in [0.4, 0.5) is 10.1 Å². The van der Waals surface area contributed by atoms with Gasteiger partial charge in [-0.1, -0.05) is 18.2 Å². The molecule has 0 spiro atoms. The van der Waals surface area contributed by atoms with E-state index in [0.29, 0.717) is 17.0 Å². The molecule has 150 valence electrons. The van der Waals surface area contributed by atoms with Gasteiger partial charge in [-0.25, -0.2) is 9.82 Å². The van der Waals surface area contributed by atoms with Crippen molar-refractivity contribution in [3.63, 3.8) is 0 Å². The quantitative estimate of drug-likeness (QED) is 0.272. The van der Waals surface area contributed by atoms with Gasteiger partial charge in [0.2, 0.25) is 0 Å². The number of benzene rings is 2. The van der Waals surface area contributed by atoms with E-state index >= 15 is 0 Å². The van der Waals surface area contributed by atoms with Gasteiger partial charge in [-0.2, -0.15) is 5.10 Å². The van der Waals surface area contributed by atoms with Crippen LogP contribution in [0.25, 0.3) is 0 Å². The SMILES string of the molecule is C=CCNC(=O)C(=O)N/N=C\c1cccc(OCC(=O)Nc2ccc(F)cc2)c1. The molecule has 0 aliphatic carbocycles. The van der Waals surface area contributed by atoms with Gasteiger partial charge < -0.3 is 15.4 Å². The maximum Gasteiger partial charge on any atom is 0.329 e. The van der Waals surface area contributed by atoms with Crippen LogP contribution in [-0.4, -0.2) is 37.1 Å². The molecular weight excluding hydrogens is 379 g/mol. The van der Waals surface area contributed by atoms with Crippen molar-refractivity contribution in [3.05, 3.63) is 72.6 Å². The van der Waals surface area contributed by atoms with E-state index in [-0.39, 0.29) is 13.2 Å². The smallest absolute Gasteiger partial charge is 0.329 e. The maximum absolute atomic E-state index is 12.9. The summed E-state index contributed by atoms with van der Waals surface area (Å²) in [5.74, 6) is -2.14. The summed E-state index contributed by atoms with van der Waals surface area (Å²) in [4.78, 5) is 34.8. The van der Waals surface area contributed by atoms with Crippen LogP contribution in [0.5, 0.6) is 5.75 Å². The lowest BCUT2D eigenvalue weighted by Gasteiger charge is -2.08. The summed E-state index contributed by atoms with van der Waals surface area (Å²) in [5.41, 5.74) is 3.12. The van der Waals surface area contributed by atoms with Gasteiger partial charge in [0.05, 0.1) is 6.21 Å². The van der Waals surface area contributed by atoms with Crippen LogP contribution in [-0.2, 0) is 14.4 Å². The normalized spacial score (nSPS) is 10.2. The second kappa shape index (κ2) is 11.0. The minimum atomic E-state index is -0.909. The van der Waals surface area contributed by atoms with Crippen LogP contribution < -0.4 is 20.8 Å². The molecule has 8 nitrogen and oxygen atoms in total. The van der Waals surface area contributed by atoms with Crippen molar-refractivity contribution in [2.24, 2.45) is 5.10 Å². The largest absolute Gasteiger partial charge is 0.484 e. The first kappa shape index (κ1) is 21.3. The summed E-state index contributed by atoms with van der Waals surface area (Å²) in [6.07, 6.45) is 2.77. The number of carbonyl (C=O) groups excluding carboxylic acids is 3. The minimum Gasteiger partial charge on any atom is -0.484 e. The fourth-order valence-electron chi connectivity index (χ4n) is 2.03. The van der Waals surface area contributed by atoms with Crippen molar-refractivity contribution >= 4 is 29.6 Å². The van der Waals surface area contributed by atoms with E-state index in [1.54, 1.807) is 24.3 Å². The predicted molar refractivity (Wildman–Crippen MR) is 106 cm³/mol. The average Bonchev–Trinajstić information content (AvgIpc) is 2.72. The number of halogens is 1. The third-order valence-corrected chi connectivity index (χ3v) is 3.35. The number of carbonyl (C=O) groups is 3. The molecule has 9 heteroatoms. The second-order valence-corrected chi connectivity index (χ2v) is 5.61. The van der Waals surface area contributed by atoms with Crippen LogP contribution in [0.2, 0.25) is 0 Å². The Morgan fingerprint density at radius 1 is 1.10 bits per heavy atom. The molecular formula is C20H19FN4O4. The van der Waals surface area contributed by atoms with Gasteiger partial charge in [0, 0.05) is 12.2 Å². The Morgan fingerprint density at radius 2 is 1.86 bits per heavy atom. The molecule has 0 bridgehead atoms. The fraction of sp³-hybridized carbons (Fsp3) is 0.100. The molecule has 0 atom stereocenters. The Morgan fingerprint density at radius 3 is 2.59 bits per heavy atom. The number of nitrogens with zero attached hydrogens (tertiary/aromatic N) is 1. The van der Waals surface area contributed by atoms with Crippen LogP contribution in [0.3, 0.4) is 0 Å². The zero-order chi connectivity index (χ0) is 21.1. The highest BCUT2D eigenvalue weighted by Gasteiger charge is 2.10. The molecule has 3 amide bonds. The fourth-order valence-corrected chi connectivity index (χ4v) is 2.03. The molecule has 2 aromatic rings. The highest BCUT2D eigenvalue weighted by atomic mass is 19.1. The molecule has 0 saturated carbocycles. The Labute approximate surface area is 166 Å². The Bertz CT molecular complexity index is 913. The number of amides is 3. The number of hydrogen-bond donors (Lipinski definition) is 3. The summed E-state index contributed by atoms with van der Waals surface area (Å²) in [6, 6.07) is 12.0. The Hall–Kier alpha value is -4.01. The first-order chi connectivity index (χ1) is 14.0. The maximum atomic E-state index is 12.9. The summed E-state index contributed by atoms with van der Waals surface area (Å²) in [6.45, 7) is 3.34. The highest BCUT2D eigenvalue weighted by Crippen LogP contribution is 2.13. The van der Waals surface area contributed by atoms with Gasteiger partial charge in [0.15, 0.2) is 6.61 Å². The van der Waals surface area contributed by atoms with Gasteiger partial charge in [-0.3, -0.25) is 14.4 Å². The molecule has 0 heterocycles. The molecule has 0 aromatic heterocycles. The number of hydrogen-bond acceptors (Lipinski definition) is 5. The van der Waals surface area contributed by atoms with Crippen LogP contribution in [0, 0.1) is 5.82 Å². The van der Waals surface area contributed by atoms with Gasteiger partial charge in [0.1, 0.15) is 11.6 Å². The molecule has 2 rings (SSSR count). The monoisotopic (exact) mass is 398 g/mol. The lowest BCUT2D eigenvalue weighted by atomic mass is 10.2. The first-order valence-electron chi connectivity index (χ1n) is 8.48. The molecule has 0 unspecified atom stereocenters. The predicted octanol–water partition coefficient (Wildman–Crippen LogP) is 1.60. The summed E-state index contributed by atoms with van der Waals surface area (Å²) < 4.78 is 18.3. The Kier molecular flexibility index (Phi) is 8.06. The molecule has 0 radical (unpaired) electrons. The highest BCUT2D eigenvalue weighted by molar-refractivity contribution is 6.35. The molecule has 0 aliphatic rings. The zero-order valence-electron chi connectivity index (χ0n) is 15.4. The van der Waals surface area contributed by atoms with E-state index in [0.717, 1.165) is 0 Å². The molecule has 0 fully saturated rings. The van der Waals surface area contributed by atoms with Crippen molar-refractivity contribution < 1.29 is 23.5 Å². The lowest BCUT2D eigenvalue weighted by molar-refractivity contribution is -0.139. The molecule has 3 N–H and O–H groups in total. The van der Waals surface area contributed by atoms with E-state index in [1.807, 2.05) is 0 Å². The molecule has 29 heavy (non-hydrogen) atoms. The topological polar surface area (TPSA) is 109 Å². The minimum absolute atomic E-state index is 0.171. The van der Waals surface area contributed by atoms with Crippen LogP contribution >= 0.6 is 0 Å². The third kappa shape index (κ3) is 7.63. The molecule has 0 saturated heterocycles. The number of hydrazone groups is 1. The van der Waals surface area contributed by atoms with Crippen molar-refractivity contribution in [2.45, 2.75) is 0 Å². The summed E-state index contributed by atoms with van der Waals surface area (Å²) >= 11 is 0.